The largest absolute Gasteiger partial charge is 0.495 e. The van der Waals surface area contributed by atoms with Crippen molar-refractivity contribution in [1.82, 2.24) is 0 Å². The number of methoxy groups -OCH3 is 1. The van der Waals surface area contributed by atoms with Gasteiger partial charge in [0.05, 0.1) is 18.2 Å². The summed E-state index contributed by atoms with van der Waals surface area (Å²) in [6.45, 7) is 0. The normalized spacial score (nSPS) is 11.3. The van der Waals surface area contributed by atoms with Crippen LogP contribution in [0.3, 0.4) is 0 Å². The second-order valence-corrected chi connectivity index (χ2v) is 10.9. The molecule has 3 heteroatoms. The summed E-state index contributed by atoms with van der Waals surface area (Å²) in [5, 5.41) is 4.46. The molecule has 1 heterocycles. The molecule has 0 fully saturated rings. The molecule has 7 aromatic carbocycles. The molecule has 0 saturated heterocycles. The number of benzene rings is 7. The summed E-state index contributed by atoms with van der Waals surface area (Å²) in [4.78, 5) is 2.33. The van der Waals surface area contributed by atoms with Crippen LogP contribution in [0, 0.1) is 0 Å². The highest BCUT2D eigenvalue weighted by molar-refractivity contribution is 6.16. The van der Waals surface area contributed by atoms with E-state index in [2.05, 4.69) is 138 Å². The second-order valence-electron chi connectivity index (χ2n) is 10.9. The van der Waals surface area contributed by atoms with E-state index in [1.165, 1.54) is 21.9 Å². The van der Waals surface area contributed by atoms with Gasteiger partial charge >= 0.3 is 0 Å². The Bertz CT molecular complexity index is 2260. The molecule has 8 rings (SSSR count). The summed E-state index contributed by atoms with van der Waals surface area (Å²) in [5.41, 5.74) is 9.29. The first-order chi connectivity index (χ1) is 21.8. The Labute approximate surface area is 256 Å². The van der Waals surface area contributed by atoms with E-state index in [1.54, 1.807) is 7.11 Å². The minimum absolute atomic E-state index is 0.768. The lowest BCUT2D eigenvalue weighted by Crippen LogP contribution is -2.13. The topological polar surface area (TPSA) is 25.6 Å². The Morgan fingerprint density at radius 3 is 2.05 bits per heavy atom. The summed E-state index contributed by atoms with van der Waals surface area (Å²) in [6, 6.07) is 55.2. The van der Waals surface area contributed by atoms with Crippen LogP contribution in [0.2, 0.25) is 0 Å². The number of rotatable bonds is 6. The maximum atomic E-state index is 6.38. The summed E-state index contributed by atoms with van der Waals surface area (Å²) < 4.78 is 12.5. The van der Waals surface area contributed by atoms with E-state index in [9.17, 15) is 0 Å². The summed E-state index contributed by atoms with van der Waals surface area (Å²) in [6.07, 6.45) is 0. The minimum Gasteiger partial charge on any atom is -0.495 e. The molecule has 0 atom stereocenters. The molecule has 0 aliphatic carbocycles. The van der Waals surface area contributed by atoms with Gasteiger partial charge in [0, 0.05) is 16.6 Å². The summed E-state index contributed by atoms with van der Waals surface area (Å²) in [5.74, 6) is 0.768. The predicted octanol–water partition coefficient (Wildman–Crippen LogP) is 11.6. The molecular weight excluding hydrogens is 538 g/mol. The lowest BCUT2D eigenvalue weighted by Gasteiger charge is -2.30. The molecule has 44 heavy (non-hydrogen) atoms. The van der Waals surface area contributed by atoms with Gasteiger partial charge < -0.3 is 14.1 Å². The second kappa shape index (κ2) is 10.8. The fourth-order valence-corrected chi connectivity index (χ4v) is 6.35. The number of para-hydroxylation sites is 2. The summed E-state index contributed by atoms with van der Waals surface area (Å²) >= 11 is 0. The number of fused-ring (bicyclic) bond motifs is 4. The Kier molecular flexibility index (Phi) is 6.35. The van der Waals surface area contributed by atoms with Crippen molar-refractivity contribution in [3.63, 3.8) is 0 Å². The first kappa shape index (κ1) is 25.9. The molecule has 0 aliphatic heterocycles. The predicted molar refractivity (Wildman–Crippen MR) is 183 cm³/mol. The van der Waals surface area contributed by atoms with Crippen LogP contribution in [-0.2, 0) is 0 Å². The molecule has 8 aromatic rings. The van der Waals surface area contributed by atoms with Crippen molar-refractivity contribution in [3.05, 3.63) is 158 Å². The van der Waals surface area contributed by atoms with Gasteiger partial charge in [-0.25, -0.2) is 0 Å². The quantitative estimate of drug-likeness (QED) is 0.200. The van der Waals surface area contributed by atoms with E-state index < -0.39 is 0 Å². The van der Waals surface area contributed by atoms with Crippen LogP contribution in [0.4, 0.5) is 17.1 Å². The Balaban J connectivity index is 1.50. The molecule has 0 unspecified atom stereocenters. The molecule has 1 aromatic heterocycles. The molecule has 3 nitrogen and oxygen atoms in total. The van der Waals surface area contributed by atoms with Crippen LogP contribution >= 0.6 is 0 Å². The van der Waals surface area contributed by atoms with Gasteiger partial charge in [-0.15, -0.1) is 0 Å². The molecule has 0 spiro atoms. The van der Waals surface area contributed by atoms with Gasteiger partial charge in [0.25, 0.3) is 0 Å². The third-order valence-corrected chi connectivity index (χ3v) is 8.36. The lowest BCUT2D eigenvalue weighted by molar-refractivity contribution is 0.416. The molecule has 0 N–H and O–H groups in total. The van der Waals surface area contributed by atoms with Crippen LogP contribution in [-0.4, -0.2) is 7.11 Å². The van der Waals surface area contributed by atoms with Crippen molar-refractivity contribution in [2.24, 2.45) is 0 Å². The number of anilines is 3. The number of furan rings is 1. The van der Waals surface area contributed by atoms with Crippen LogP contribution < -0.4 is 9.64 Å². The fourth-order valence-electron chi connectivity index (χ4n) is 6.35. The third kappa shape index (κ3) is 4.29. The highest BCUT2D eigenvalue weighted by Crippen LogP contribution is 2.51. The Hall–Kier alpha value is -5.80. The van der Waals surface area contributed by atoms with Gasteiger partial charge in [0.1, 0.15) is 22.6 Å². The van der Waals surface area contributed by atoms with E-state index in [0.29, 0.717) is 0 Å². The monoisotopic (exact) mass is 567 g/mol. The third-order valence-electron chi connectivity index (χ3n) is 8.36. The maximum Gasteiger partial charge on any atom is 0.143 e. The van der Waals surface area contributed by atoms with Crippen LogP contribution in [0.25, 0.3) is 55.0 Å². The average molecular weight is 568 g/mol. The summed E-state index contributed by atoms with van der Waals surface area (Å²) in [7, 11) is 1.74. The van der Waals surface area contributed by atoms with Crippen molar-refractivity contribution in [2.45, 2.75) is 0 Å². The van der Waals surface area contributed by atoms with Gasteiger partial charge in [-0.3, -0.25) is 0 Å². The SMILES string of the molecule is COc1ccc2oc3ccccc3c2c1N(c1ccccc1)c1ccc(-c2ccccc2)cc1-c1cccc2ccccc12. The smallest absolute Gasteiger partial charge is 0.143 e. The molecular formula is C41H29NO2. The highest BCUT2D eigenvalue weighted by atomic mass is 16.5. The number of ether oxygens (including phenoxy) is 1. The van der Waals surface area contributed by atoms with Crippen molar-refractivity contribution in [3.8, 4) is 28.0 Å². The molecule has 0 saturated carbocycles. The zero-order chi connectivity index (χ0) is 29.5. The van der Waals surface area contributed by atoms with E-state index in [-0.39, 0.29) is 0 Å². The van der Waals surface area contributed by atoms with E-state index in [4.69, 9.17) is 9.15 Å². The molecule has 210 valence electrons. The molecule has 0 radical (unpaired) electrons. The van der Waals surface area contributed by atoms with Crippen molar-refractivity contribution < 1.29 is 9.15 Å². The van der Waals surface area contributed by atoms with Crippen LogP contribution in [0.5, 0.6) is 5.75 Å². The standard InChI is InChI=1S/C41H29NO2/c1-43-39-26-25-38-40(34-20-10-11-22-37(34)44-38)41(39)42(31-17-6-3-7-18-31)36-24-23-30(28-13-4-2-5-14-28)27-35(36)33-21-12-16-29-15-8-9-19-32(29)33/h2-27H,1H3. The Morgan fingerprint density at radius 2 is 1.23 bits per heavy atom. The van der Waals surface area contributed by atoms with Gasteiger partial charge in [-0.05, 0) is 69.9 Å². The molecule has 0 bridgehead atoms. The fraction of sp³-hybridized carbons (Fsp3) is 0.0244. The van der Waals surface area contributed by atoms with Gasteiger partial charge in [-0.2, -0.15) is 0 Å². The van der Waals surface area contributed by atoms with Crippen LogP contribution in [0.15, 0.2) is 162 Å². The highest BCUT2D eigenvalue weighted by Gasteiger charge is 2.26. The van der Waals surface area contributed by atoms with E-state index in [1.807, 2.05) is 24.3 Å². The number of hydrogen-bond acceptors (Lipinski definition) is 3. The van der Waals surface area contributed by atoms with Crippen molar-refractivity contribution in [1.29, 1.82) is 0 Å². The van der Waals surface area contributed by atoms with Gasteiger partial charge in [0.2, 0.25) is 0 Å². The number of hydrogen-bond donors (Lipinski definition) is 0. The minimum atomic E-state index is 0.768. The van der Waals surface area contributed by atoms with E-state index in [0.717, 1.165) is 55.9 Å². The first-order valence-corrected chi connectivity index (χ1v) is 14.8. The lowest BCUT2D eigenvalue weighted by atomic mass is 9.92. The van der Waals surface area contributed by atoms with Crippen molar-refractivity contribution >= 4 is 49.8 Å². The maximum absolute atomic E-state index is 6.38. The first-order valence-electron chi connectivity index (χ1n) is 14.8. The molecule has 0 aliphatic rings. The zero-order valence-electron chi connectivity index (χ0n) is 24.3. The van der Waals surface area contributed by atoms with Crippen molar-refractivity contribution in [2.75, 3.05) is 12.0 Å². The van der Waals surface area contributed by atoms with Crippen LogP contribution in [0.1, 0.15) is 0 Å². The van der Waals surface area contributed by atoms with Gasteiger partial charge in [-0.1, -0.05) is 115 Å². The average Bonchev–Trinajstić information content (AvgIpc) is 3.48. The molecule has 0 amide bonds. The van der Waals surface area contributed by atoms with E-state index >= 15 is 0 Å². The van der Waals surface area contributed by atoms with Gasteiger partial charge in [0.15, 0.2) is 0 Å². The number of nitrogens with zero attached hydrogens (tertiary/aromatic N) is 1. The zero-order valence-corrected chi connectivity index (χ0v) is 24.3. The Morgan fingerprint density at radius 1 is 0.523 bits per heavy atom.